The van der Waals surface area contributed by atoms with Crippen LogP contribution in [0.3, 0.4) is 0 Å². The molecule has 1 fully saturated rings. The van der Waals surface area contributed by atoms with Crippen molar-refractivity contribution in [3.63, 3.8) is 0 Å². The quantitative estimate of drug-likeness (QED) is 0.893. The van der Waals surface area contributed by atoms with Gasteiger partial charge in [0.15, 0.2) is 0 Å². The molecule has 6 nitrogen and oxygen atoms in total. The molecular formula is C19H26N4O2. The molecule has 1 aromatic carbocycles. The molecule has 134 valence electrons. The molecule has 0 spiro atoms. The van der Waals surface area contributed by atoms with Crippen molar-refractivity contribution in [2.45, 2.75) is 25.9 Å². The molecule has 0 bridgehead atoms. The third kappa shape index (κ3) is 3.60. The number of benzene rings is 1. The number of aromatic nitrogens is 2. The van der Waals surface area contributed by atoms with Gasteiger partial charge in [0.2, 0.25) is 0 Å². The van der Waals surface area contributed by atoms with E-state index < -0.39 is 0 Å². The van der Waals surface area contributed by atoms with Gasteiger partial charge in [-0.15, -0.1) is 0 Å². The number of aryl methyl sites for hydroxylation is 1. The summed E-state index contributed by atoms with van der Waals surface area (Å²) >= 11 is 0. The SMILES string of the molecule is CCc1ccc(C2CNCCN2Cc2cc(=O)n(C)c(=O)n2C)cc1. The highest BCUT2D eigenvalue weighted by atomic mass is 16.2. The molecule has 1 aliphatic heterocycles. The van der Waals surface area contributed by atoms with Crippen LogP contribution in [-0.2, 0) is 27.1 Å². The number of hydrogen-bond donors (Lipinski definition) is 1. The van der Waals surface area contributed by atoms with Gasteiger partial charge in [-0.1, -0.05) is 31.2 Å². The summed E-state index contributed by atoms with van der Waals surface area (Å²) in [6.07, 6.45) is 1.03. The summed E-state index contributed by atoms with van der Waals surface area (Å²) in [6.45, 7) is 5.39. The van der Waals surface area contributed by atoms with Gasteiger partial charge < -0.3 is 5.32 Å². The Morgan fingerprint density at radius 2 is 1.84 bits per heavy atom. The van der Waals surface area contributed by atoms with E-state index in [1.54, 1.807) is 17.7 Å². The molecule has 1 atom stereocenters. The first-order valence-electron chi connectivity index (χ1n) is 8.80. The van der Waals surface area contributed by atoms with Gasteiger partial charge in [0.05, 0.1) is 0 Å². The van der Waals surface area contributed by atoms with E-state index in [0.29, 0.717) is 6.54 Å². The first kappa shape index (κ1) is 17.6. The fraction of sp³-hybridized carbons (Fsp3) is 0.474. The fourth-order valence-corrected chi connectivity index (χ4v) is 3.38. The molecule has 1 N–H and O–H groups in total. The number of nitrogens with zero attached hydrogens (tertiary/aromatic N) is 3. The highest BCUT2D eigenvalue weighted by Crippen LogP contribution is 2.24. The van der Waals surface area contributed by atoms with Crippen LogP contribution in [0.5, 0.6) is 0 Å². The minimum absolute atomic E-state index is 0.235. The van der Waals surface area contributed by atoms with Crippen LogP contribution in [-0.4, -0.2) is 33.7 Å². The van der Waals surface area contributed by atoms with Crippen LogP contribution in [0, 0.1) is 0 Å². The van der Waals surface area contributed by atoms with Crippen molar-refractivity contribution < 1.29 is 0 Å². The standard InChI is InChI=1S/C19H26N4O2/c1-4-14-5-7-15(8-6-14)17-12-20-9-10-23(17)13-16-11-18(24)22(3)19(25)21(16)2/h5-8,11,17,20H,4,9-10,12-13H2,1-3H3. The largest absolute Gasteiger partial charge is 0.330 e. The Bertz CT molecular complexity index is 851. The Labute approximate surface area is 147 Å². The van der Waals surface area contributed by atoms with Gasteiger partial charge in [0.25, 0.3) is 5.56 Å². The Hall–Kier alpha value is -2.18. The van der Waals surface area contributed by atoms with E-state index in [1.807, 2.05) is 0 Å². The summed E-state index contributed by atoms with van der Waals surface area (Å²) in [5.41, 5.74) is 2.81. The van der Waals surface area contributed by atoms with Crippen molar-refractivity contribution in [1.29, 1.82) is 0 Å². The molecule has 0 aliphatic carbocycles. The molecule has 25 heavy (non-hydrogen) atoms. The summed E-state index contributed by atoms with van der Waals surface area (Å²) in [5, 5.41) is 3.45. The fourth-order valence-electron chi connectivity index (χ4n) is 3.38. The summed E-state index contributed by atoms with van der Waals surface area (Å²) in [5.74, 6) is 0. The van der Waals surface area contributed by atoms with Gasteiger partial charge in [0.1, 0.15) is 0 Å². The number of rotatable bonds is 4. The summed E-state index contributed by atoms with van der Waals surface area (Å²) in [7, 11) is 3.24. The van der Waals surface area contributed by atoms with Crippen LogP contribution in [0.15, 0.2) is 39.9 Å². The van der Waals surface area contributed by atoms with Crippen molar-refractivity contribution in [3.05, 3.63) is 68.0 Å². The predicted octanol–water partition coefficient (Wildman–Crippen LogP) is 0.793. The topological polar surface area (TPSA) is 59.3 Å². The second kappa shape index (κ2) is 7.37. The third-order valence-corrected chi connectivity index (χ3v) is 5.12. The second-order valence-corrected chi connectivity index (χ2v) is 6.66. The molecule has 1 aliphatic rings. The smallest absolute Gasteiger partial charge is 0.314 e. The molecular weight excluding hydrogens is 316 g/mol. The predicted molar refractivity (Wildman–Crippen MR) is 98.8 cm³/mol. The Morgan fingerprint density at radius 1 is 1.12 bits per heavy atom. The number of piperazine rings is 1. The first-order chi connectivity index (χ1) is 12.0. The maximum atomic E-state index is 12.2. The van der Waals surface area contributed by atoms with Gasteiger partial charge in [-0.3, -0.25) is 18.8 Å². The molecule has 1 saturated heterocycles. The van der Waals surface area contributed by atoms with Crippen molar-refractivity contribution in [2.24, 2.45) is 14.1 Å². The van der Waals surface area contributed by atoms with Crippen LogP contribution in [0.25, 0.3) is 0 Å². The molecule has 2 heterocycles. The van der Waals surface area contributed by atoms with Crippen LogP contribution in [0.2, 0.25) is 0 Å². The zero-order chi connectivity index (χ0) is 18.0. The van der Waals surface area contributed by atoms with E-state index in [9.17, 15) is 9.59 Å². The van der Waals surface area contributed by atoms with Crippen LogP contribution in [0.1, 0.15) is 29.8 Å². The normalized spacial score (nSPS) is 18.4. The van der Waals surface area contributed by atoms with E-state index >= 15 is 0 Å². The minimum Gasteiger partial charge on any atom is -0.314 e. The lowest BCUT2D eigenvalue weighted by Gasteiger charge is -2.36. The van der Waals surface area contributed by atoms with E-state index in [0.717, 1.165) is 36.3 Å². The Balaban J connectivity index is 1.89. The number of nitrogens with one attached hydrogen (secondary N) is 1. The maximum Gasteiger partial charge on any atom is 0.330 e. The zero-order valence-corrected chi connectivity index (χ0v) is 15.2. The Morgan fingerprint density at radius 3 is 2.52 bits per heavy atom. The number of hydrogen-bond acceptors (Lipinski definition) is 4. The summed E-state index contributed by atoms with van der Waals surface area (Å²) < 4.78 is 2.71. The van der Waals surface area contributed by atoms with Crippen LogP contribution >= 0.6 is 0 Å². The van der Waals surface area contributed by atoms with E-state index in [-0.39, 0.29) is 17.3 Å². The van der Waals surface area contributed by atoms with Gasteiger partial charge in [-0.25, -0.2) is 4.79 Å². The molecule has 0 saturated carbocycles. The molecule has 2 aromatic rings. The molecule has 1 aromatic heterocycles. The molecule has 1 unspecified atom stereocenters. The third-order valence-electron chi connectivity index (χ3n) is 5.12. The summed E-state index contributed by atoms with van der Waals surface area (Å²) in [4.78, 5) is 26.5. The maximum absolute atomic E-state index is 12.2. The monoisotopic (exact) mass is 342 g/mol. The second-order valence-electron chi connectivity index (χ2n) is 6.66. The van der Waals surface area contributed by atoms with E-state index in [1.165, 1.54) is 18.2 Å². The lowest BCUT2D eigenvalue weighted by molar-refractivity contribution is 0.149. The van der Waals surface area contributed by atoms with Gasteiger partial charge in [-0.2, -0.15) is 0 Å². The van der Waals surface area contributed by atoms with E-state index in [4.69, 9.17) is 0 Å². The highest BCUT2D eigenvalue weighted by molar-refractivity contribution is 5.26. The molecule has 3 rings (SSSR count). The highest BCUT2D eigenvalue weighted by Gasteiger charge is 2.24. The van der Waals surface area contributed by atoms with Crippen molar-refractivity contribution in [3.8, 4) is 0 Å². The first-order valence-corrected chi connectivity index (χ1v) is 8.80. The lowest BCUT2D eigenvalue weighted by Crippen LogP contribution is -2.47. The van der Waals surface area contributed by atoms with Crippen LogP contribution in [0.4, 0.5) is 0 Å². The van der Waals surface area contributed by atoms with Crippen molar-refractivity contribution >= 4 is 0 Å². The minimum atomic E-state index is -0.276. The van der Waals surface area contributed by atoms with Crippen LogP contribution < -0.4 is 16.6 Å². The summed E-state index contributed by atoms with van der Waals surface area (Å²) in [6, 6.07) is 10.5. The van der Waals surface area contributed by atoms with Crippen molar-refractivity contribution in [2.75, 3.05) is 19.6 Å². The molecule has 6 heteroatoms. The van der Waals surface area contributed by atoms with Gasteiger partial charge in [-0.05, 0) is 17.5 Å². The van der Waals surface area contributed by atoms with Crippen molar-refractivity contribution in [1.82, 2.24) is 19.4 Å². The molecule has 0 radical (unpaired) electrons. The van der Waals surface area contributed by atoms with Gasteiger partial charge >= 0.3 is 5.69 Å². The molecule has 0 amide bonds. The van der Waals surface area contributed by atoms with Gasteiger partial charge in [0, 0.05) is 58.1 Å². The average Bonchev–Trinajstić information content (AvgIpc) is 2.65. The lowest BCUT2D eigenvalue weighted by atomic mass is 10.0. The zero-order valence-electron chi connectivity index (χ0n) is 15.2. The van der Waals surface area contributed by atoms with E-state index in [2.05, 4.69) is 41.4 Å². The Kier molecular flexibility index (Phi) is 5.20. The average molecular weight is 342 g/mol.